The molecule has 144 valence electrons. The van der Waals surface area contributed by atoms with E-state index in [1.807, 2.05) is 6.92 Å². The molecule has 0 N–H and O–H groups in total. The van der Waals surface area contributed by atoms with E-state index in [0.717, 1.165) is 5.56 Å². The highest BCUT2D eigenvalue weighted by Gasteiger charge is 2.46. The average molecular weight is 391 g/mol. The van der Waals surface area contributed by atoms with E-state index in [0.29, 0.717) is 18.4 Å². The van der Waals surface area contributed by atoms with Crippen LogP contribution in [0.2, 0.25) is 0 Å². The summed E-state index contributed by atoms with van der Waals surface area (Å²) in [5, 5.41) is 0. The van der Waals surface area contributed by atoms with Crippen molar-refractivity contribution in [1.29, 1.82) is 0 Å². The van der Waals surface area contributed by atoms with E-state index >= 15 is 0 Å². The number of aryl methyl sites for hydroxylation is 1. The van der Waals surface area contributed by atoms with Crippen LogP contribution in [-0.4, -0.2) is 31.3 Å². The number of sulfonamides is 1. The first-order chi connectivity index (χ1) is 12.8. The number of hydrogen-bond acceptors (Lipinski definition) is 4. The number of esters is 1. The molecule has 27 heavy (non-hydrogen) atoms. The summed E-state index contributed by atoms with van der Waals surface area (Å²) >= 11 is 0. The Balaban J connectivity index is 2.05. The molecular weight excluding hydrogens is 369 g/mol. The van der Waals surface area contributed by atoms with Crippen LogP contribution in [0.3, 0.4) is 0 Å². The molecule has 3 rings (SSSR count). The molecule has 1 fully saturated rings. The minimum absolute atomic E-state index is 0.122. The number of ether oxygens (including phenoxy) is 1. The zero-order chi connectivity index (χ0) is 19.6. The second-order valence-corrected chi connectivity index (χ2v) is 8.40. The van der Waals surface area contributed by atoms with E-state index < -0.39 is 33.9 Å². The maximum atomic E-state index is 13.4. The van der Waals surface area contributed by atoms with Crippen LogP contribution in [0.1, 0.15) is 36.9 Å². The SMILES string of the molecule is CCOC(=O)C1CCC(c2ccc(F)cc2)N1S(=O)(=O)c1ccc(C)cc1. The third-order valence-electron chi connectivity index (χ3n) is 4.74. The molecule has 2 aromatic rings. The summed E-state index contributed by atoms with van der Waals surface area (Å²) in [6, 6.07) is 10.8. The van der Waals surface area contributed by atoms with Gasteiger partial charge in [-0.25, -0.2) is 12.8 Å². The summed E-state index contributed by atoms with van der Waals surface area (Å²) in [6.07, 6.45) is 0.812. The van der Waals surface area contributed by atoms with E-state index in [9.17, 15) is 17.6 Å². The summed E-state index contributed by atoms with van der Waals surface area (Å²) < 4.78 is 46.4. The minimum Gasteiger partial charge on any atom is -0.465 e. The smallest absolute Gasteiger partial charge is 0.324 e. The number of halogens is 1. The van der Waals surface area contributed by atoms with Crippen molar-refractivity contribution in [1.82, 2.24) is 4.31 Å². The summed E-state index contributed by atoms with van der Waals surface area (Å²) in [7, 11) is -3.94. The molecule has 0 aromatic heterocycles. The van der Waals surface area contributed by atoms with Crippen LogP contribution >= 0.6 is 0 Å². The van der Waals surface area contributed by atoms with Crippen molar-refractivity contribution in [2.45, 2.75) is 43.7 Å². The van der Waals surface area contributed by atoms with Gasteiger partial charge in [0.1, 0.15) is 11.9 Å². The molecule has 0 spiro atoms. The Morgan fingerprint density at radius 2 is 1.74 bits per heavy atom. The lowest BCUT2D eigenvalue weighted by Gasteiger charge is -2.28. The zero-order valence-corrected chi connectivity index (χ0v) is 16.1. The standard InChI is InChI=1S/C20H22FNO4S/c1-3-26-20(23)19-13-12-18(15-6-8-16(21)9-7-15)22(19)27(24,25)17-10-4-14(2)5-11-17/h4-11,18-19H,3,12-13H2,1-2H3. The highest BCUT2D eigenvalue weighted by molar-refractivity contribution is 7.89. The molecule has 1 aliphatic heterocycles. The third kappa shape index (κ3) is 3.89. The largest absolute Gasteiger partial charge is 0.465 e. The molecule has 1 aliphatic rings. The normalized spacial score (nSPS) is 20.6. The van der Waals surface area contributed by atoms with Gasteiger partial charge in [-0.15, -0.1) is 0 Å². The van der Waals surface area contributed by atoms with Crippen LogP contribution in [0.25, 0.3) is 0 Å². The zero-order valence-electron chi connectivity index (χ0n) is 15.3. The fraction of sp³-hybridized carbons (Fsp3) is 0.350. The van der Waals surface area contributed by atoms with Crippen LogP contribution in [0.5, 0.6) is 0 Å². The van der Waals surface area contributed by atoms with Crippen LogP contribution in [-0.2, 0) is 19.6 Å². The van der Waals surface area contributed by atoms with Crippen LogP contribution in [0, 0.1) is 12.7 Å². The second-order valence-electron chi connectivity index (χ2n) is 6.56. The van der Waals surface area contributed by atoms with Crippen molar-refractivity contribution in [2.75, 3.05) is 6.61 Å². The lowest BCUT2D eigenvalue weighted by molar-refractivity contribution is -0.147. The van der Waals surface area contributed by atoms with Gasteiger partial charge in [-0.05, 0) is 56.5 Å². The van der Waals surface area contributed by atoms with Gasteiger partial charge < -0.3 is 4.74 Å². The molecule has 7 heteroatoms. The fourth-order valence-electron chi connectivity index (χ4n) is 3.41. The number of hydrogen-bond donors (Lipinski definition) is 0. The highest BCUT2D eigenvalue weighted by atomic mass is 32.2. The molecular formula is C20H22FNO4S. The van der Waals surface area contributed by atoms with Gasteiger partial charge in [0.25, 0.3) is 0 Å². The Morgan fingerprint density at radius 3 is 2.33 bits per heavy atom. The van der Waals surface area contributed by atoms with Gasteiger partial charge in [-0.1, -0.05) is 29.8 Å². The summed E-state index contributed by atoms with van der Waals surface area (Å²) in [4.78, 5) is 12.6. The quantitative estimate of drug-likeness (QED) is 0.731. The van der Waals surface area contributed by atoms with Crippen molar-refractivity contribution in [3.63, 3.8) is 0 Å². The molecule has 1 heterocycles. The van der Waals surface area contributed by atoms with Gasteiger partial charge in [0.15, 0.2) is 0 Å². The van der Waals surface area contributed by atoms with Crippen molar-refractivity contribution < 1.29 is 22.3 Å². The number of rotatable bonds is 5. The minimum atomic E-state index is -3.94. The first-order valence-electron chi connectivity index (χ1n) is 8.87. The van der Waals surface area contributed by atoms with Gasteiger partial charge >= 0.3 is 5.97 Å². The molecule has 1 saturated heterocycles. The molecule has 2 aromatic carbocycles. The van der Waals surface area contributed by atoms with Crippen molar-refractivity contribution in [3.8, 4) is 0 Å². The van der Waals surface area contributed by atoms with Gasteiger partial charge in [0, 0.05) is 0 Å². The van der Waals surface area contributed by atoms with E-state index in [2.05, 4.69) is 0 Å². The average Bonchev–Trinajstić information content (AvgIpc) is 3.09. The number of nitrogens with zero attached hydrogens (tertiary/aromatic N) is 1. The summed E-state index contributed by atoms with van der Waals surface area (Å²) in [6.45, 7) is 3.73. The third-order valence-corrected chi connectivity index (χ3v) is 6.67. The van der Waals surface area contributed by atoms with Gasteiger partial charge in [-0.3, -0.25) is 4.79 Å². The number of benzene rings is 2. The van der Waals surface area contributed by atoms with E-state index in [4.69, 9.17) is 4.74 Å². The van der Waals surface area contributed by atoms with Gasteiger partial charge in [0.05, 0.1) is 17.5 Å². The Kier molecular flexibility index (Phi) is 5.62. The van der Waals surface area contributed by atoms with E-state index in [1.54, 1.807) is 31.2 Å². The Hall–Kier alpha value is -2.25. The molecule has 0 aliphatic carbocycles. The molecule has 0 amide bonds. The predicted octanol–water partition coefficient (Wildman–Crippen LogP) is 3.59. The Labute approximate surface area is 158 Å². The second kappa shape index (κ2) is 7.78. The first-order valence-corrected chi connectivity index (χ1v) is 10.3. The maximum Gasteiger partial charge on any atom is 0.324 e. The highest BCUT2D eigenvalue weighted by Crippen LogP contribution is 2.41. The molecule has 0 saturated carbocycles. The van der Waals surface area contributed by atoms with Crippen molar-refractivity contribution in [3.05, 3.63) is 65.5 Å². The van der Waals surface area contributed by atoms with Crippen LogP contribution in [0.4, 0.5) is 4.39 Å². The monoisotopic (exact) mass is 391 g/mol. The molecule has 2 unspecified atom stereocenters. The fourth-order valence-corrected chi connectivity index (χ4v) is 5.23. The van der Waals surface area contributed by atoms with E-state index in [1.165, 1.54) is 28.6 Å². The lowest BCUT2D eigenvalue weighted by Crippen LogP contribution is -2.42. The van der Waals surface area contributed by atoms with Crippen molar-refractivity contribution >= 4 is 16.0 Å². The number of carbonyl (C=O) groups is 1. The molecule has 2 atom stereocenters. The van der Waals surface area contributed by atoms with Gasteiger partial charge in [0.2, 0.25) is 10.0 Å². The number of carbonyl (C=O) groups excluding carboxylic acids is 1. The maximum absolute atomic E-state index is 13.4. The molecule has 0 bridgehead atoms. The van der Waals surface area contributed by atoms with Crippen LogP contribution < -0.4 is 0 Å². The van der Waals surface area contributed by atoms with E-state index in [-0.39, 0.29) is 11.5 Å². The lowest BCUT2D eigenvalue weighted by atomic mass is 10.1. The summed E-state index contributed by atoms with van der Waals surface area (Å²) in [5.41, 5.74) is 1.59. The van der Waals surface area contributed by atoms with Crippen molar-refractivity contribution in [2.24, 2.45) is 0 Å². The summed E-state index contributed by atoms with van der Waals surface area (Å²) in [5.74, 6) is -0.954. The topological polar surface area (TPSA) is 63.7 Å². The van der Waals surface area contributed by atoms with Gasteiger partial charge in [-0.2, -0.15) is 4.31 Å². The first kappa shape index (κ1) is 19.5. The molecule has 0 radical (unpaired) electrons. The Morgan fingerprint density at radius 1 is 1.11 bits per heavy atom. The Bertz CT molecular complexity index is 910. The predicted molar refractivity (Wildman–Crippen MR) is 99.0 cm³/mol. The van der Waals surface area contributed by atoms with Crippen LogP contribution in [0.15, 0.2) is 53.4 Å². The molecule has 5 nitrogen and oxygen atoms in total.